The number of hydrogen-bond donors (Lipinski definition) is 0. The minimum Gasteiger partial charge on any atom is -0.459 e. The summed E-state index contributed by atoms with van der Waals surface area (Å²) in [5.41, 5.74) is 1.19. The van der Waals surface area contributed by atoms with Crippen LogP contribution < -0.4 is 0 Å². The average Bonchev–Trinajstić information content (AvgIpc) is 2.17. The maximum Gasteiger partial charge on any atom is 0.341 e. The van der Waals surface area contributed by atoms with E-state index < -0.39 is 5.97 Å². The van der Waals surface area contributed by atoms with Crippen molar-refractivity contribution in [3.63, 3.8) is 0 Å². The zero-order valence-electron chi connectivity index (χ0n) is 8.46. The highest BCUT2D eigenvalue weighted by atomic mass is 79.9. The first-order chi connectivity index (χ1) is 7.04. The van der Waals surface area contributed by atoms with Gasteiger partial charge in [-0.1, -0.05) is 27.5 Å². The molecule has 0 atom stereocenters. The van der Waals surface area contributed by atoms with E-state index in [0.717, 1.165) is 5.56 Å². The van der Waals surface area contributed by atoms with Gasteiger partial charge < -0.3 is 4.74 Å². The van der Waals surface area contributed by atoms with Gasteiger partial charge in [0, 0.05) is 11.5 Å². The molecule has 0 unspecified atom stereocenters. The Balaban J connectivity index is 2.96. The van der Waals surface area contributed by atoms with Crippen molar-refractivity contribution in [2.75, 3.05) is 0 Å². The van der Waals surface area contributed by atoms with Crippen LogP contribution in [0.5, 0.6) is 0 Å². The Morgan fingerprint density at radius 3 is 2.87 bits per heavy atom. The van der Waals surface area contributed by atoms with E-state index in [2.05, 4.69) is 20.9 Å². The van der Waals surface area contributed by atoms with Gasteiger partial charge in [0.25, 0.3) is 0 Å². The van der Waals surface area contributed by atoms with Crippen molar-refractivity contribution in [1.29, 1.82) is 0 Å². The molecule has 82 valence electrons. The van der Waals surface area contributed by atoms with Crippen molar-refractivity contribution < 1.29 is 9.53 Å². The zero-order valence-corrected chi connectivity index (χ0v) is 10.8. The summed E-state index contributed by atoms with van der Waals surface area (Å²) in [7, 11) is 0. The van der Waals surface area contributed by atoms with Crippen LogP contribution in [0.25, 0.3) is 0 Å². The summed E-state index contributed by atoms with van der Waals surface area (Å²) in [6.45, 7) is 3.57. The van der Waals surface area contributed by atoms with Crippen LogP contribution >= 0.6 is 27.5 Å². The van der Waals surface area contributed by atoms with E-state index in [1.165, 1.54) is 0 Å². The summed E-state index contributed by atoms with van der Waals surface area (Å²) >= 11 is 9.09. The number of pyridine rings is 1. The maximum absolute atomic E-state index is 11.6. The van der Waals surface area contributed by atoms with Gasteiger partial charge in [-0.3, -0.25) is 0 Å². The molecular formula is C10H11BrClNO2. The molecule has 0 fully saturated rings. The Morgan fingerprint density at radius 2 is 2.33 bits per heavy atom. The van der Waals surface area contributed by atoms with E-state index in [1.54, 1.807) is 26.1 Å². The standard InChI is InChI=1S/C10H11BrClNO2/c1-6(2)15-10(14)8-3-7(4-11)5-13-9(8)12/h3,5-6H,4H2,1-2H3. The monoisotopic (exact) mass is 291 g/mol. The molecule has 0 saturated carbocycles. The van der Waals surface area contributed by atoms with Crippen LogP contribution in [0.15, 0.2) is 12.3 Å². The van der Waals surface area contributed by atoms with E-state index in [1.807, 2.05) is 0 Å². The lowest BCUT2D eigenvalue weighted by molar-refractivity contribution is 0.0377. The van der Waals surface area contributed by atoms with Gasteiger partial charge >= 0.3 is 5.97 Å². The molecule has 3 nitrogen and oxygen atoms in total. The SMILES string of the molecule is CC(C)OC(=O)c1cc(CBr)cnc1Cl. The van der Waals surface area contributed by atoms with Gasteiger partial charge in [0.2, 0.25) is 0 Å². The topological polar surface area (TPSA) is 39.2 Å². The predicted octanol–water partition coefficient (Wildman–Crippen LogP) is 3.20. The third-order valence-electron chi connectivity index (χ3n) is 1.61. The van der Waals surface area contributed by atoms with Crippen molar-refractivity contribution in [1.82, 2.24) is 4.98 Å². The fourth-order valence-corrected chi connectivity index (χ4v) is 1.47. The third kappa shape index (κ3) is 3.47. The molecule has 0 saturated heterocycles. The number of carbonyl (C=O) groups excluding carboxylic acids is 1. The molecule has 1 aromatic rings. The number of ether oxygens (including phenoxy) is 1. The van der Waals surface area contributed by atoms with Crippen LogP contribution in [0, 0.1) is 0 Å². The lowest BCUT2D eigenvalue weighted by Crippen LogP contribution is -2.12. The van der Waals surface area contributed by atoms with Crippen molar-refractivity contribution >= 4 is 33.5 Å². The second-order valence-electron chi connectivity index (χ2n) is 3.27. The summed E-state index contributed by atoms with van der Waals surface area (Å²) in [4.78, 5) is 15.5. The lowest BCUT2D eigenvalue weighted by atomic mass is 10.2. The molecule has 0 aliphatic heterocycles. The first kappa shape index (κ1) is 12.5. The van der Waals surface area contributed by atoms with Crippen LogP contribution in [0.4, 0.5) is 0 Å². The Morgan fingerprint density at radius 1 is 1.67 bits per heavy atom. The Hall–Kier alpha value is -0.610. The van der Waals surface area contributed by atoms with Crippen molar-refractivity contribution in [2.45, 2.75) is 25.3 Å². The van der Waals surface area contributed by atoms with E-state index in [0.29, 0.717) is 10.9 Å². The van der Waals surface area contributed by atoms with Crippen molar-refractivity contribution in [2.24, 2.45) is 0 Å². The maximum atomic E-state index is 11.6. The number of nitrogens with zero attached hydrogens (tertiary/aromatic N) is 1. The van der Waals surface area contributed by atoms with E-state index >= 15 is 0 Å². The highest BCUT2D eigenvalue weighted by molar-refractivity contribution is 9.08. The predicted molar refractivity (Wildman–Crippen MR) is 62.4 cm³/mol. The van der Waals surface area contributed by atoms with Gasteiger partial charge in [-0.25, -0.2) is 9.78 Å². The third-order valence-corrected chi connectivity index (χ3v) is 2.56. The van der Waals surface area contributed by atoms with Gasteiger partial charge in [-0.05, 0) is 25.5 Å². The van der Waals surface area contributed by atoms with Crippen molar-refractivity contribution in [3.05, 3.63) is 28.5 Å². The number of carbonyl (C=O) groups is 1. The first-order valence-electron chi connectivity index (χ1n) is 4.46. The summed E-state index contributed by atoms with van der Waals surface area (Å²) < 4.78 is 5.04. The quantitative estimate of drug-likeness (QED) is 0.488. The summed E-state index contributed by atoms with van der Waals surface area (Å²) in [6, 6.07) is 1.68. The molecule has 0 spiro atoms. The molecule has 1 heterocycles. The highest BCUT2D eigenvalue weighted by Gasteiger charge is 2.14. The van der Waals surface area contributed by atoms with Gasteiger partial charge in [0.15, 0.2) is 0 Å². The number of esters is 1. The van der Waals surface area contributed by atoms with E-state index in [9.17, 15) is 4.79 Å². The molecule has 1 aromatic heterocycles. The molecule has 15 heavy (non-hydrogen) atoms. The fourth-order valence-electron chi connectivity index (χ4n) is 0.985. The van der Waals surface area contributed by atoms with Crippen LogP contribution in [0.2, 0.25) is 5.15 Å². The number of halogens is 2. The molecule has 0 aromatic carbocycles. The van der Waals surface area contributed by atoms with Crippen LogP contribution in [0.1, 0.15) is 29.8 Å². The van der Waals surface area contributed by atoms with Gasteiger partial charge in [0.1, 0.15) is 5.15 Å². The Labute approximate surface area is 102 Å². The Kier molecular flexibility index (Phi) is 4.54. The lowest BCUT2D eigenvalue weighted by Gasteiger charge is -2.09. The molecule has 5 heteroatoms. The zero-order chi connectivity index (χ0) is 11.4. The average molecular weight is 293 g/mol. The molecule has 0 N–H and O–H groups in total. The normalized spacial score (nSPS) is 10.5. The molecule has 0 amide bonds. The molecular weight excluding hydrogens is 281 g/mol. The second kappa shape index (κ2) is 5.47. The van der Waals surface area contributed by atoms with Crippen LogP contribution in [0.3, 0.4) is 0 Å². The van der Waals surface area contributed by atoms with Crippen LogP contribution in [-0.4, -0.2) is 17.1 Å². The van der Waals surface area contributed by atoms with E-state index in [-0.39, 0.29) is 11.3 Å². The molecule has 0 radical (unpaired) electrons. The minimum absolute atomic E-state index is 0.166. The Bertz CT molecular complexity index is 368. The number of rotatable bonds is 3. The second-order valence-corrected chi connectivity index (χ2v) is 4.19. The number of aromatic nitrogens is 1. The summed E-state index contributed by atoms with van der Waals surface area (Å²) in [5, 5.41) is 0.796. The number of alkyl halides is 1. The highest BCUT2D eigenvalue weighted by Crippen LogP contribution is 2.17. The molecule has 0 aliphatic carbocycles. The smallest absolute Gasteiger partial charge is 0.341 e. The summed E-state index contributed by atoms with van der Waals surface area (Å²) in [6.07, 6.45) is 1.45. The van der Waals surface area contributed by atoms with Gasteiger partial charge in [-0.2, -0.15) is 0 Å². The van der Waals surface area contributed by atoms with Gasteiger partial charge in [0.05, 0.1) is 11.7 Å². The van der Waals surface area contributed by atoms with Crippen molar-refractivity contribution in [3.8, 4) is 0 Å². The first-order valence-corrected chi connectivity index (χ1v) is 5.96. The van der Waals surface area contributed by atoms with E-state index in [4.69, 9.17) is 16.3 Å². The van der Waals surface area contributed by atoms with Crippen LogP contribution in [-0.2, 0) is 10.1 Å². The minimum atomic E-state index is -0.440. The molecule has 0 bridgehead atoms. The largest absolute Gasteiger partial charge is 0.459 e. The molecule has 1 rings (SSSR count). The fraction of sp³-hybridized carbons (Fsp3) is 0.400. The summed E-state index contributed by atoms with van der Waals surface area (Å²) in [5.74, 6) is -0.440. The number of hydrogen-bond acceptors (Lipinski definition) is 3. The van der Waals surface area contributed by atoms with Gasteiger partial charge in [-0.15, -0.1) is 0 Å². The molecule has 0 aliphatic rings.